The van der Waals surface area contributed by atoms with Gasteiger partial charge in [-0.25, -0.2) is 4.98 Å². The molecular formula is C16H15N3. The Balaban J connectivity index is 2.14. The van der Waals surface area contributed by atoms with Crippen LogP contribution in [0.2, 0.25) is 0 Å². The highest BCUT2D eigenvalue weighted by molar-refractivity contribution is 5.84. The minimum atomic E-state index is 0.499. The maximum Gasteiger partial charge on any atom is 0.125 e. The number of benzene rings is 1. The Morgan fingerprint density at radius 3 is 2.47 bits per heavy atom. The minimum absolute atomic E-state index is 0.499. The van der Waals surface area contributed by atoms with Crippen LogP contribution in [-0.4, -0.2) is 9.97 Å². The van der Waals surface area contributed by atoms with Gasteiger partial charge in [0.25, 0.3) is 0 Å². The normalized spacial score (nSPS) is 10.8. The fourth-order valence-electron chi connectivity index (χ4n) is 2.12. The topological polar surface area (TPSA) is 51.8 Å². The van der Waals surface area contributed by atoms with Gasteiger partial charge in [-0.3, -0.25) is 4.98 Å². The van der Waals surface area contributed by atoms with Crippen molar-refractivity contribution < 1.29 is 0 Å². The van der Waals surface area contributed by atoms with Crippen molar-refractivity contribution >= 4 is 16.7 Å². The zero-order valence-electron chi connectivity index (χ0n) is 11.0. The predicted molar refractivity (Wildman–Crippen MR) is 78.9 cm³/mol. The summed E-state index contributed by atoms with van der Waals surface area (Å²) in [5.74, 6) is 0.499. The van der Waals surface area contributed by atoms with Crippen LogP contribution >= 0.6 is 0 Å². The van der Waals surface area contributed by atoms with Gasteiger partial charge in [-0.1, -0.05) is 18.2 Å². The molecular weight excluding hydrogens is 234 g/mol. The largest absolute Gasteiger partial charge is 0.384 e. The van der Waals surface area contributed by atoms with Crippen LogP contribution in [0.25, 0.3) is 22.0 Å². The smallest absolute Gasteiger partial charge is 0.125 e. The number of hydrogen-bond donors (Lipinski definition) is 1. The second-order valence-corrected chi connectivity index (χ2v) is 4.82. The van der Waals surface area contributed by atoms with Gasteiger partial charge in [0.2, 0.25) is 0 Å². The van der Waals surface area contributed by atoms with Crippen molar-refractivity contribution in [2.24, 2.45) is 0 Å². The number of hydrogen-bond acceptors (Lipinski definition) is 3. The molecule has 19 heavy (non-hydrogen) atoms. The predicted octanol–water partition coefficient (Wildman–Crippen LogP) is 3.50. The molecule has 0 atom stereocenters. The quantitative estimate of drug-likeness (QED) is 0.718. The number of nitrogens with two attached hydrogens (primary N) is 1. The summed E-state index contributed by atoms with van der Waals surface area (Å²) in [5.41, 5.74) is 11.4. The van der Waals surface area contributed by atoms with Gasteiger partial charge in [-0.15, -0.1) is 0 Å². The molecule has 0 amide bonds. The van der Waals surface area contributed by atoms with Crippen LogP contribution in [0.4, 0.5) is 5.82 Å². The fourth-order valence-corrected chi connectivity index (χ4v) is 2.12. The van der Waals surface area contributed by atoms with Gasteiger partial charge in [-0.2, -0.15) is 0 Å². The number of anilines is 1. The molecule has 0 fully saturated rings. The lowest BCUT2D eigenvalue weighted by molar-refractivity contribution is 1.32. The average molecular weight is 249 g/mol. The van der Waals surface area contributed by atoms with Gasteiger partial charge >= 0.3 is 0 Å². The highest BCUT2D eigenvalue weighted by Gasteiger charge is 2.03. The van der Waals surface area contributed by atoms with Crippen LogP contribution in [-0.2, 0) is 0 Å². The Morgan fingerprint density at radius 1 is 0.842 bits per heavy atom. The number of nitrogens with zero attached hydrogens (tertiary/aromatic N) is 2. The van der Waals surface area contributed by atoms with Crippen molar-refractivity contribution in [2.75, 3.05) is 5.73 Å². The van der Waals surface area contributed by atoms with Crippen molar-refractivity contribution in [1.82, 2.24) is 9.97 Å². The van der Waals surface area contributed by atoms with Crippen molar-refractivity contribution in [3.63, 3.8) is 0 Å². The van der Waals surface area contributed by atoms with Crippen molar-refractivity contribution in [3.8, 4) is 11.1 Å². The number of rotatable bonds is 1. The zero-order chi connectivity index (χ0) is 13.4. The highest BCUT2D eigenvalue weighted by Crippen LogP contribution is 2.24. The van der Waals surface area contributed by atoms with Crippen molar-refractivity contribution in [1.29, 1.82) is 0 Å². The lowest BCUT2D eigenvalue weighted by atomic mass is 10.0. The molecule has 0 saturated carbocycles. The maximum atomic E-state index is 5.66. The van der Waals surface area contributed by atoms with E-state index in [1.807, 2.05) is 6.20 Å². The lowest BCUT2D eigenvalue weighted by Crippen LogP contribution is -1.91. The van der Waals surface area contributed by atoms with Crippen LogP contribution < -0.4 is 5.73 Å². The van der Waals surface area contributed by atoms with E-state index in [4.69, 9.17) is 5.73 Å². The van der Waals surface area contributed by atoms with Crippen LogP contribution in [0.1, 0.15) is 11.1 Å². The Kier molecular flexibility index (Phi) is 2.67. The second-order valence-electron chi connectivity index (χ2n) is 4.82. The Bertz CT molecular complexity index is 763. The van der Waals surface area contributed by atoms with Crippen LogP contribution in [0.5, 0.6) is 0 Å². The Morgan fingerprint density at radius 2 is 1.68 bits per heavy atom. The molecule has 0 aliphatic rings. The summed E-state index contributed by atoms with van der Waals surface area (Å²) in [7, 11) is 0. The third-order valence-corrected chi connectivity index (χ3v) is 3.43. The monoisotopic (exact) mass is 249 g/mol. The molecule has 3 rings (SSSR count). The number of nitrogen functional groups attached to an aromatic ring is 1. The van der Waals surface area contributed by atoms with E-state index in [2.05, 4.69) is 48.1 Å². The Hall–Kier alpha value is -2.42. The average Bonchev–Trinajstić information content (AvgIpc) is 2.41. The maximum absolute atomic E-state index is 5.66. The van der Waals surface area contributed by atoms with Gasteiger partial charge in [0.05, 0.1) is 5.52 Å². The molecule has 2 heterocycles. The molecule has 2 aromatic heterocycles. The minimum Gasteiger partial charge on any atom is -0.384 e. The summed E-state index contributed by atoms with van der Waals surface area (Å²) in [6, 6.07) is 10.3. The van der Waals surface area contributed by atoms with Gasteiger partial charge in [-0.05, 0) is 36.6 Å². The lowest BCUT2D eigenvalue weighted by Gasteiger charge is -2.06. The van der Waals surface area contributed by atoms with E-state index in [0.29, 0.717) is 5.82 Å². The first-order valence-electron chi connectivity index (χ1n) is 6.22. The van der Waals surface area contributed by atoms with E-state index in [1.165, 1.54) is 16.7 Å². The summed E-state index contributed by atoms with van der Waals surface area (Å²) in [6.07, 6.45) is 3.65. The van der Waals surface area contributed by atoms with Crippen LogP contribution in [0, 0.1) is 13.8 Å². The SMILES string of the molecule is Cc1ccc(-c2cnc3cc(N)ncc3c2)cc1C. The second kappa shape index (κ2) is 4.35. The van der Waals surface area contributed by atoms with E-state index in [1.54, 1.807) is 12.3 Å². The van der Waals surface area contributed by atoms with Gasteiger partial charge in [0, 0.05) is 29.4 Å². The first-order chi connectivity index (χ1) is 9.13. The van der Waals surface area contributed by atoms with Crippen LogP contribution in [0.3, 0.4) is 0 Å². The fraction of sp³-hybridized carbons (Fsp3) is 0.125. The molecule has 3 nitrogen and oxygen atoms in total. The molecule has 0 bridgehead atoms. The summed E-state index contributed by atoms with van der Waals surface area (Å²) in [4.78, 5) is 8.56. The molecule has 0 radical (unpaired) electrons. The highest BCUT2D eigenvalue weighted by atomic mass is 14.8. The molecule has 0 aliphatic heterocycles. The number of fused-ring (bicyclic) bond motifs is 1. The zero-order valence-corrected chi connectivity index (χ0v) is 11.0. The number of pyridine rings is 2. The van der Waals surface area contributed by atoms with E-state index < -0.39 is 0 Å². The standard InChI is InChI=1S/C16H15N3/c1-10-3-4-12(5-11(10)2)13-6-14-9-19-16(17)7-15(14)18-8-13/h3-9H,1-2H3,(H2,17,19). The summed E-state index contributed by atoms with van der Waals surface area (Å²) in [6.45, 7) is 4.24. The summed E-state index contributed by atoms with van der Waals surface area (Å²) >= 11 is 0. The van der Waals surface area contributed by atoms with Crippen molar-refractivity contribution in [2.45, 2.75) is 13.8 Å². The number of aryl methyl sites for hydroxylation is 2. The first-order valence-corrected chi connectivity index (χ1v) is 6.22. The number of aromatic nitrogens is 2. The third-order valence-electron chi connectivity index (χ3n) is 3.43. The van der Waals surface area contributed by atoms with Crippen LogP contribution in [0.15, 0.2) is 42.7 Å². The molecule has 0 saturated heterocycles. The van der Waals surface area contributed by atoms with Gasteiger partial charge in [0.15, 0.2) is 0 Å². The first kappa shape index (κ1) is 11.7. The molecule has 1 aromatic carbocycles. The van der Waals surface area contributed by atoms with E-state index in [-0.39, 0.29) is 0 Å². The van der Waals surface area contributed by atoms with E-state index in [9.17, 15) is 0 Å². The summed E-state index contributed by atoms with van der Waals surface area (Å²) < 4.78 is 0. The molecule has 3 heteroatoms. The molecule has 0 spiro atoms. The third kappa shape index (κ3) is 2.15. The van der Waals surface area contributed by atoms with Gasteiger partial charge in [0.1, 0.15) is 5.82 Å². The Labute approximate surface area is 112 Å². The summed E-state index contributed by atoms with van der Waals surface area (Å²) in [5, 5.41) is 1.00. The van der Waals surface area contributed by atoms with E-state index in [0.717, 1.165) is 16.5 Å². The molecule has 3 aromatic rings. The van der Waals surface area contributed by atoms with Gasteiger partial charge < -0.3 is 5.73 Å². The molecule has 0 aliphatic carbocycles. The van der Waals surface area contributed by atoms with Crippen molar-refractivity contribution in [3.05, 3.63) is 53.9 Å². The van der Waals surface area contributed by atoms with E-state index >= 15 is 0 Å². The molecule has 94 valence electrons. The molecule has 2 N–H and O–H groups in total. The molecule has 0 unspecified atom stereocenters.